The quantitative estimate of drug-likeness (QED) is 0.771. The van der Waals surface area contributed by atoms with Crippen LogP contribution in [-0.4, -0.2) is 0 Å². The molecule has 2 heteroatoms. The second kappa shape index (κ2) is 3.38. The van der Waals surface area contributed by atoms with E-state index in [1.165, 1.54) is 22.1 Å². The van der Waals surface area contributed by atoms with Gasteiger partial charge in [0.15, 0.2) is 0 Å². The van der Waals surface area contributed by atoms with Crippen molar-refractivity contribution in [3.63, 3.8) is 0 Å². The van der Waals surface area contributed by atoms with E-state index in [-0.39, 0.29) is 6.04 Å². The maximum Gasteiger partial charge on any atom is 0.137 e. The fraction of sp³-hybridized carbons (Fsp3) is 0.385. The van der Waals surface area contributed by atoms with Gasteiger partial charge >= 0.3 is 0 Å². The van der Waals surface area contributed by atoms with E-state index >= 15 is 0 Å². The molecular weight excluding hydrogens is 186 g/mol. The van der Waals surface area contributed by atoms with E-state index in [1.807, 2.05) is 6.92 Å². The molecule has 1 atom stereocenters. The lowest BCUT2D eigenvalue weighted by atomic mass is 10.0. The summed E-state index contributed by atoms with van der Waals surface area (Å²) in [6, 6.07) is 4.25. The number of benzene rings is 1. The number of nitrogens with two attached hydrogens (primary N) is 1. The molecule has 1 aromatic heterocycles. The molecule has 0 amide bonds. The summed E-state index contributed by atoms with van der Waals surface area (Å²) in [6.45, 7) is 8.20. The predicted octanol–water partition coefficient (Wildman–Crippen LogP) is 3.38. The minimum Gasteiger partial charge on any atom is -0.459 e. The molecule has 80 valence electrons. The summed E-state index contributed by atoms with van der Waals surface area (Å²) in [5, 5.41) is 1.19. The van der Waals surface area contributed by atoms with Crippen LogP contribution in [0, 0.1) is 20.8 Å². The van der Waals surface area contributed by atoms with E-state index in [9.17, 15) is 0 Å². The highest BCUT2D eigenvalue weighted by molar-refractivity contribution is 5.85. The van der Waals surface area contributed by atoms with Crippen molar-refractivity contribution in [3.05, 3.63) is 34.6 Å². The molecule has 0 radical (unpaired) electrons. The molecule has 15 heavy (non-hydrogen) atoms. The average Bonchev–Trinajstić information content (AvgIpc) is 2.44. The Morgan fingerprint density at radius 1 is 1.20 bits per heavy atom. The van der Waals surface area contributed by atoms with Crippen molar-refractivity contribution in [1.82, 2.24) is 0 Å². The van der Waals surface area contributed by atoms with Gasteiger partial charge in [-0.05, 0) is 50.5 Å². The third kappa shape index (κ3) is 1.55. The maximum atomic E-state index is 5.87. The van der Waals surface area contributed by atoms with Crippen LogP contribution in [-0.2, 0) is 0 Å². The van der Waals surface area contributed by atoms with E-state index in [2.05, 4.69) is 32.9 Å². The molecular formula is C13H17NO. The molecule has 1 aromatic carbocycles. The monoisotopic (exact) mass is 203 g/mol. The van der Waals surface area contributed by atoms with Crippen LogP contribution in [0.15, 0.2) is 16.5 Å². The standard InChI is InChI=1S/C13H17NO/c1-7-5-8(2)12-11(6-7)9(3)13(15-12)10(4)14/h5-6,10H,14H2,1-4H3. The van der Waals surface area contributed by atoms with E-state index in [0.717, 1.165) is 11.3 Å². The summed E-state index contributed by atoms with van der Waals surface area (Å²) < 4.78 is 5.82. The number of aryl methyl sites for hydroxylation is 3. The highest BCUT2D eigenvalue weighted by Crippen LogP contribution is 2.31. The first-order chi connectivity index (χ1) is 7.00. The summed E-state index contributed by atoms with van der Waals surface area (Å²) in [5.41, 5.74) is 10.5. The third-order valence-electron chi connectivity index (χ3n) is 2.82. The van der Waals surface area contributed by atoms with Gasteiger partial charge in [0, 0.05) is 5.39 Å². The van der Waals surface area contributed by atoms with Crippen molar-refractivity contribution in [1.29, 1.82) is 0 Å². The summed E-state index contributed by atoms with van der Waals surface area (Å²) in [7, 11) is 0. The molecule has 0 aliphatic carbocycles. The van der Waals surface area contributed by atoms with Gasteiger partial charge in [-0.15, -0.1) is 0 Å². The first kappa shape index (κ1) is 10.2. The second-order valence-electron chi connectivity index (χ2n) is 4.34. The van der Waals surface area contributed by atoms with Gasteiger partial charge in [-0.3, -0.25) is 0 Å². The van der Waals surface area contributed by atoms with Gasteiger partial charge in [0.25, 0.3) is 0 Å². The molecule has 0 aliphatic rings. The number of hydrogen-bond acceptors (Lipinski definition) is 2. The Hall–Kier alpha value is -1.28. The highest BCUT2D eigenvalue weighted by atomic mass is 16.3. The van der Waals surface area contributed by atoms with Crippen LogP contribution in [0.25, 0.3) is 11.0 Å². The number of rotatable bonds is 1. The lowest BCUT2D eigenvalue weighted by molar-refractivity contribution is 0.508. The molecule has 0 saturated carbocycles. The minimum atomic E-state index is -0.0443. The third-order valence-corrected chi connectivity index (χ3v) is 2.82. The van der Waals surface area contributed by atoms with Crippen LogP contribution in [0.2, 0.25) is 0 Å². The van der Waals surface area contributed by atoms with Crippen LogP contribution < -0.4 is 5.73 Å². The highest BCUT2D eigenvalue weighted by Gasteiger charge is 2.15. The maximum absolute atomic E-state index is 5.87. The topological polar surface area (TPSA) is 39.2 Å². The molecule has 1 heterocycles. The van der Waals surface area contributed by atoms with Gasteiger partial charge in [-0.1, -0.05) is 6.07 Å². The van der Waals surface area contributed by atoms with Crippen molar-refractivity contribution < 1.29 is 4.42 Å². The summed E-state index contributed by atoms with van der Waals surface area (Å²) in [6.07, 6.45) is 0. The lowest BCUT2D eigenvalue weighted by Gasteiger charge is -2.00. The van der Waals surface area contributed by atoms with Gasteiger partial charge in [0.1, 0.15) is 11.3 Å². The van der Waals surface area contributed by atoms with Crippen LogP contribution in [0.3, 0.4) is 0 Å². The largest absolute Gasteiger partial charge is 0.459 e. The molecule has 0 spiro atoms. The Labute approximate surface area is 90.1 Å². The first-order valence-corrected chi connectivity index (χ1v) is 5.26. The van der Waals surface area contributed by atoms with Gasteiger partial charge in [0.05, 0.1) is 6.04 Å². The van der Waals surface area contributed by atoms with Crippen LogP contribution >= 0.6 is 0 Å². The van der Waals surface area contributed by atoms with E-state index < -0.39 is 0 Å². The van der Waals surface area contributed by atoms with Crippen LogP contribution in [0.1, 0.15) is 35.4 Å². The Kier molecular flexibility index (Phi) is 2.31. The number of hydrogen-bond donors (Lipinski definition) is 1. The van der Waals surface area contributed by atoms with E-state index in [4.69, 9.17) is 10.2 Å². The second-order valence-corrected chi connectivity index (χ2v) is 4.34. The average molecular weight is 203 g/mol. The number of fused-ring (bicyclic) bond motifs is 1. The van der Waals surface area contributed by atoms with Crippen molar-refractivity contribution in [3.8, 4) is 0 Å². The predicted molar refractivity (Wildman–Crippen MR) is 63.0 cm³/mol. The molecule has 0 saturated heterocycles. The molecule has 2 nitrogen and oxygen atoms in total. The SMILES string of the molecule is Cc1cc(C)c2oc(C(C)N)c(C)c2c1. The summed E-state index contributed by atoms with van der Waals surface area (Å²) in [4.78, 5) is 0. The van der Waals surface area contributed by atoms with Crippen molar-refractivity contribution in [2.45, 2.75) is 33.7 Å². The van der Waals surface area contributed by atoms with Gasteiger partial charge in [-0.25, -0.2) is 0 Å². The zero-order valence-electron chi connectivity index (χ0n) is 9.72. The molecule has 0 aliphatic heterocycles. The van der Waals surface area contributed by atoms with Gasteiger partial charge < -0.3 is 10.2 Å². The summed E-state index contributed by atoms with van der Waals surface area (Å²) in [5.74, 6) is 0.902. The van der Waals surface area contributed by atoms with Gasteiger partial charge in [-0.2, -0.15) is 0 Å². The van der Waals surface area contributed by atoms with Gasteiger partial charge in [0.2, 0.25) is 0 Å². The fourth-order valence-corrected chi connectivity index (χ4v) is 2.12. The Bertz CT molecular complexity index is 509. The molecule has 0 fully saturated rings. The minimum absolute atomic E-state index is 0.0443. The molecule has 2 N–H and O–H groups in total. The molecule has 1 unspecified atom stereocenters. The molecule has 0 bridgehead atoms. The Morgan fingerprint density at radius 2 is 1.87 bits per heavy atom. The van der Waals surface area contributed by atoms with Crippen LogP contribution in [0.4, 0.5) is 0 Å². The zero-order valence-corrected chi connectivity index (χ0v) is 9.72. The van der Waals surface area contributed by atoms with Crippen molar-refractivity contribution in [2.75, 3.05) is 0 Å². The molecule has 2 aromatic rings. The molecule has 2 rings (SSSR count). The first-order valence-electron chi connectivity index (χ1n) is 5.26. The van der Waals surface area contributed by atoms with Crippen molar-refractivity contribution in [2.24, 2.45) is 5.73 Å². The van der Waals surface area contributed by atoms with Crippen molar-refractivity contribution >= 4 is 11.0 Å². The summed E-state index contributed by atoms with van der Waals surface area (Å²) >= 11 is 0. The lowest BCUT2D eigenvalue weighted by Crippen LogP contribution is -2.04. The Balaban J connectivity index is 2.82. The zero-order chi connectivity index (χ0) is 11.2. The van der Waals surface area contributed by atoms with E-state index in [0.29, 0.717) is 0 Å². The van der Waals surface area contributed by atoms with E-state index in [1.54, 1.807) is 0 Å². The fourth-order valence-electron chi connectivity index (χ4n) is 2.12. The van der Waals surface area contributed by atoms with Crippen LogP contribution in [0.5, 0.6) is 0 Å². The normalized spacial score (nSPS) is 13.4. The smallest absolute Gasteiger partial charge is 0.137 e. The Morgan fingerprint density at radius 3 is 2.47 bits per heavy atom. The number of furan rings is 1.